The van der Waals surface area contributed by atoms with Gasteiger partial charge in [-0.3, -0.25) is 5.10 Å². The lowest BCUT2D eigenvalue weighted by molar-refractivity contribution is 0.945. The van der Waals surface area contributed by atoms with E-state index in [0.717, 1.165) is 22.0 Å². The number of nitrogens with two attached hydrogens (primary N) is 1. The first-order chi connectivity index (χ1) is 10.6. The van der Waals surface area contributed by atoms with E-state index in [9.17, 15) is 0 Å². The summed E-state index contributed by atoms with van der Waals surface area (Å²) in [5.74, 6) is 1.18. The van der Waals surface area contributed by atoms with Crippen molar-refractivity contribution in [2.75, 3.05) is 6.54 Å². The molecule has 0 unspecified atom stereocenters. The van der Waals surface area contributed by atoms with Gasteiger partial charge in [0.25, 0.3) is 0 Å². The number of hydrogen-bond donors (Lipinski definition) is 2. The third kappa shape index (κ3) is 2.87. The van der Waals surface area contributed by atoms with Crippen molar-refractivity contribution in [2.24, 2.45) is 5.73 Å². The van der Waals surface area contributed by atoms with E-state index in [-0.39, 0.29) is 0 Å². The molecule has 0 spiro atoms. The number of halogens is 2. The summed E-state index contributed by atoms with van der Waals surface area (Å²) in [5, 5.41) is 9.09. The average Bonchev–Trinajstić information content (AvgIpc) is 3.09. The second kappa shape index (κ2) is 6.34. The molecule has 0 bridgehead atoms. The summed E-state index contributed by atoms with van der Waals surface area (Å²) >= 11 is 13.8. The van der Waals surface area contributed by atoms with Crippen LogP contribution in [0.4, 0.5) is 0 Å². The normalized spacial score (nSPS) is 11.1. The average molecular weight is 354 g/mol. The lowest BCUT2D eigenvalue weighted by Crippen LogP contribution is -2.01. The highest BCUT2D eigenvalue weighted by Gasteiger charge is 2.16. The SMILES string of the molecule is Cc1nc(CCN)sc1-c1nc(-c2cccc(Cl)c2Cl)n[nH]1. The monoisotopic (exact) mass is 353 g/mol. The molecule has 22 heavy (non-hydrogen) atoms. The maximum Gasteiger partial charge on any atom is 0.183 e. The van der Waals surface area contributed by atoms with Crippen molar-refractivity contribution in [2.45, 2.75) is 13.3 Å². The molecule has 0 atom stereocenters. The molecule has 2 aromatic heterocycles. The highest BCUT2D eigenvalue weighted by Crippen LogP contribution is 2.33. The number of nitrogens with zero attached hydrogens (tertiary/aromatic N) is 3. The number of aryl methyl sites for hydroxylation is 1. The second-order valence-corrected chi connectivity index (χ2v) is 6.54. The first kappa shape index (κ1) is 15.4. The molecule has 5 nitrogen and oxygen atoms in total. The van der Waals surface area contributed by atoms with E-state index >= 15 is 0 Å². The van der Waals surface area contributed by atoms with E-state index in [1.54, 1.807) is 17.4 Å². The summed E-state index contributed by atoms with van der Waals surface area (Å²) in [5.41, 5.74) is 7.18. The van der Waals surface area contributed by atoms with Crippen molar-refractivity contribution in [1.29, 1.82) is 0 Å². The van der Waals surface area contributed by atoms with Crippen LogP contribution in [0.1, 0.15) is 10.7 Å². The summed E-state index contributed by atoms with van der Waals surface area (Å²) in [7, 11) is 0. The van der Waals surface area contributed by atoms with Crippen molar-refractivity contribution in [3.05, 3.63) is 38.9 Å². The largest absolute Gasteiger partial charge is 0.330 e. The molecule has 0 aliphatic heterocycles. The molecule has 0 aliphatic rings. The highest BCUT2D eigenvalue weighted by atomic mass is 35.5. The molecule has 114 valence electrons. The Morgan fingerprint density at radius 2 is 2.09 bits per heavy atom. The fraction of sp³-hybridized carbons (Fsp3) is 0.214. The Labute approximate surface area is 141 Å². The van der Waals surface area contributed by atoms with E-state index in [0.29, 0.717) is 33.8 Å². The molecule has 3 rings (SSSR count). The number of H-pyrrole nitrogens is 1. The van der Waals surface area contributed by atoms with Crippen molar-refractivity contribution >= 4 is 34.5 Å². The quantitative estimate of drug-likeness (QED) is 0.748. The number of nitrogens with one attached hydrogen (secondary N) is 1. The standard InChI is InChI=1S/C14H13Cl2N5S/c1-7-12(22-10(18-7)5-6-17)14-19-13(20-21-14)8-3-2-4-9(15)11(8)16/h2-4H,5-6,17H2,1H3,(H,19,20,21). The molecule has 2 heterocycles. The second-order valence-electron chi connectivity index (χ2n) is 4.67. The minimum Gasteiger partial charge on any atom is -0.330 e. The van der Waals surface area contributed by atoms with Crippen LogP contribution in [-0.4, -0.2) is 26.7 Å². The predicted molar refractivity (Wildman–Crippen MR) is 90.4 cm³/mol. The third-order valence-electron chi connectivity index (χ3n) is 3.09. The van der Waals surface area contributed by atoms with Crippen molar-refractivity contribution in [3.63, 3.8) is 0 Å². The van der Waals surface area contributed by atoms with Crippen molar-refractivity contribution in [3.8, 4) is 22.1 Å². The van der Waals surface area contributed by atoms with Crippen LogP contribution >= 0.6 is 34.5 Å². The van der Waals surface area contributed by atoms with Gasteiger partial charge in [0.2, 0.25) is 0 Å². The van der Waals surface area contributed by atoms with Crippen molar-refractivity contribution < 1.29 is 0 Å². The Hall–Kier alpha value is -1.47. The summed E-state index contributed by atoms with van der Waals surface area (Å²) in [4.78, 5) is 9.97. The molecule has 8 heteroatoms. The third-order valence-corrected chi connectivity index (χ3v) is 5.13. The minimum absolute atomic E-state index is 0.444. The van der Waals surface area contributed by atoms with Crippen LogP contribution in [-0.2, 0) is 6.42 Å². The van der Waals surface area contributed by atoms with Crippen LogP contribution < -0.4 is 5.73 Å². The Balaban J connectivity index is 1.99. The molecule has 3 aromatic rings. The Bertz CT molecular complexity index is 811. The Kier molecular flexibility index (Phi) is 4.44. The molecule has 0 aliphatic carbocycles. The number of hydrogen-bond acceptors (Lipinski definition) is 5. The maximum absolute atomic E-state index is 6.21. The van der Waals surface area contributed by atoms with Crippen LogP contribution in [0.15, 0.2) is 18.2 Å². The van der Waals surface area contributed by atoms with Gasteiger partial charge in [-0.05, 0) is 25.6 Å². The molecule has 0 saturated carbocycles. The van der Waals surface area contributed by atoms with Gasteiger partial charge < -0.3 is 5.73 Å². The number of benzene rings is 1. The highest BCUT2D eigenvalue weighted by molar-refractivity contribution is 7.15. The predicted octanol–water partition coefficient (Wildman–Crippen LogP) is 3.71. The topological polar surface area (TPSA) is 80.5 Å². The molecule has 0 fully saturated rings. The summed E-state index contributed by atoms with van der Waals surface area (Å²) < 4.78 is 0. The molecule has 3 N–H and O–H groups in total. The van der Waals surface area contributed by atoms with E-state index in [4.69, 9.17) is 28.9 Å². The van der Waals surface area contributed by atoms with Gasteiger partial charge in [-0.25, -0.2) is 9.97 Å². The fourth-order valence-corrected chi connectivity index (χ4v) is 3.47. The number of aromatic nitrogens is 4. The Morgan fingerprint density at radius 3 is 2.86 bits per heavy atom. The van der Waals surface area contributed by atoms with E-state index < -0.39 is 0 Å². The van der Waals surface area contributed by atoms with Crippen LogP contribution in [0.25, 0.3) is 22.1 Å². The number of thiazole rings is 1. The van der Waals surface area contributed by atoms with Crippen molar-refractivity contribution in [1.82, 2.24) is 20.2 Å². The van der Waals surface area contributed by atoms with E-state index in [2.05, 4.69) is 20.2 Å². The van der Waals surface area contributed by atoms with Gasteiger partial charge in [0.1, 0.15) is 0 Å². The molecular weight excluding hydrogens is 341 g/mol. The summed E-state index contributed by atoms with van der Waals surface area (Å²) in [6, 6.07) is 5.38. The smallest absolute Gasteiger partial charge is 0.183 e. The first-order valence-corrected chi connectivity index (χ1v) is 8.21. The van der Waals surface area contributed by atoms with Gasteiger partial charge in [-0.15, -0.1) is 11.3 Å². The number of rotatable bonds is 4. The van der Waals surface area contributed by atoms with Crippen LogP contribution in [0.2, 0.25) is 10.0 Å². The van der Waals surface area contributed by atoms with E-state index in [1.165, 1.54) is 0 Å². The summed E-state index contributed by atoms with van der Waals surface area (Å²) in [6.45, 7) is 2.52. The molecule has 0 saturated heterocycles. The zero-order valence-electron chi connectivity index (χ0n) is 11.7. The van der Waals surface area contributed by atoms with Crippen LogP contribution in [0, 0.1) is 6.92 Å². The molecule has 1 aromatic carbocycles. The van der Waals surface area contributed by atoms with E-state index in [1.807, 2.05) is 19.1 Å². The zero-order valence-corrected chi connectivity index (χ0v) is 14.1. The van der Waals surface area contributed by atoms with Crippen LogP contribution in [0.5, 0.6) is 0 Å². The van der Waals surface area contributed by atoms with Crippen LogP contribution in [0.3, 0.4) is 0 Å². The lowest BCUT2D eigenvalue weighted by Gasteiger charge is -2.00. The van der Waals surface area contributed by atoms with Gasteiger partial charge in [0, 0.05) is 12.0 Å². The van der Waals surface area contributed by atoms with Gasteiger partial charge in [0.15, 0.2) is 11.6 Å². The first-order valence-electron chi connectivity index (χ1n) is 6.63. The molecule has 0 amide bonds. The van der Waals surface area contributed by atoms with Gasteiger partial charge in [0.05, 0.1) is 25.6 Å². The minimum atomic E-state index is 0.444. The fourth-order valence-electron chi connectivity index (χ4n) is 2.06. The molecule has 0 radical (unpaired) electrons. The lowest BCUT2D eigenvalue weighted by atomic mass is 10.2. The van der Waals surface area contributed by atoms with Gasteiger partial charge in [-0.2, -0.15) is 5.10 Å². The number of aromatic amines is 1. The summed E-state index contributed by atoms with van der Waals surface area (Å²) in [6.07, 6.45) is 0.757. The maximum atomic E-state index is 6.21. The van der Waals surface area contributed by atoms with Gasteiger partial charge in [-0.1, -0.05) is 29.3 Å². The zero-order chi connectivity index (χ0) is 15.7. The molecular formula is C14H13Cl2N5S. The Morgan fingerprint density at radius 1 is 1.27 bits per heavy atom. The van der Waals surface area contributed by atoms with Gasteiger partial charge >= 0.3 is 0 Å².